The third-order valence-electron chi connectivity index (χ3n) is 3.47. The van der Waals surface area contributed by atoms with Gasteiger partial charge in [-0.2, -0.15) is 0 Å². The minimum atomic E-state index is -0.333. The van der Waals surface area contributed by atoms with Crippen LogP contribution in [0.5, 0.6) is 0 Å². The van der Waals surface area contributed by atoms with Crippen LogP contribution >= 0.6 is 15.9 Å². The molecule has 0 aromatic heterocycles. The molecule has 0 aliphatic carbocycles. The average molecular weight is 328 g/mol. The molecule has 19 heavy (non-hydrogen) atoms. The highest BCUT2D eigenvalue weighted by Gasteiger charge is 2.20. The Hall–Kier alpha value is -1.14. The van der Waals surface area contributed by atoms with E-state index in [1.165, 1.54) is 0 Å². The number of nitrogens with one attached hydrogen (secondary N) is 1. The maximum absolute atomic E-state index is 11.0. The first kappa shape index (κ1) is 14.3. The monoisotopic (exact) mass is 327 g/mol. The summed E-state index contributed by atoms with van der Waals surface area (Å²) >= 11 is 3.47. The Labute approximate surface area is 121 Å². The summed E-state index contributed by atoms with van der Waals surface area (Å²) in [5.74, 6) is 0. The second kappa shape index (κ2) is 5.88. The highest BCUT2D eigenvalue weighted by Crippen LogP contribution is 2.31. The van der Waals surface area contributed by atoms with Gasteiger partial charge in [0.1, 0.15) is 0 Å². The number of anilines is 1. The van der Waals surface area contributed by atoms with Crippen LogP contribution in [0.1, 0.15) is 18.4 Å². The molecule has 1 aliphatic rings. The van der Waals surface area contributed by atoms with E-state index in [-0.39, 0.29) is 10.6 Å². The Morgan fingerprint density at radius 3 is 2.89 bits per heavy atom. The SMILES string of the molecule is Cc1cc(Br)c(NC2CCCN(C)C2)cc1[N+](=O)[O-]. The number of nitrogens with zero attached hydrogens (tertiary/aromatic N) is 2. The molecule has 1 fully saturated rings. The van der Waals surface area contributed by atoms with Gasteiger partial charge in [0.25, 0.3) is 5.69 Å². The lowest BCUT2D eigenvalue weighted by molar-refractivity contribution is -0.385. The predicted molar refractivity (Wildman–Crippen MR) is 79.7 cm³/mol. The fourth-order valence-corrected chi connectivity index (χ4v) is 3.05. The highest BCUT2D eigenvalue weighted by atomic mass is 79.9. The molecule has 6 heteroatoms. The van der Waals surface area contributed by atoms with Gasteiger partial charge in [-0.25, -0.2) is 0 Å². The van der Waals surface area contributed by atoms with Gasteiger partial charge in [-0.15, -0.1) is 0 Å². The molecule has 1 unspecified atom stereocenters. The van der Waals surface area contributed by atoms with Gasteiger partial charge in [-0.05, 0) is 55.4 Å². The molecule has 1 aliphatic heterocycles. The molecule has 0 radical (unpaired) electrons. The van der Waals surface area contributed by atoms with E-state index in [2.05, 4.69) is 33.2 Å². The van der Waals surface area contributed by atoms with Crippen molar-refractivity contribution in [3.8, 4) is 0 Å². The Balaban J connectivity index is 2.19. The van der Waals surface area contributed by atoms with Crippen LogP contribution in [0.2, 0.25) is 0 Å². The lowest BCUT2D eigenvalue weighted by Gasteiger charge is -2.31. The summed E-state index contributed by atoms with van der Waals surface area (Å²) in [6.07, 6.45) is 2.25. The summed E-state index contributed by atoms with van der Waals surface area (Å²) in [6, 6.07) is 3.76. The van der Waals surface area contributed by atoms with E-state index >= 15 is 0 Å². The van der Waals surface area contributed by atoms with Crippen molar-refractivity contribution >= 4 is 27.3 Å². The van der Waals surface area contributed by atoms with Gasteiger partial charge in [-0.3, -0.25) is 10.1 Å². The van der Waals surface area contributed by atoms with Crippen LogP contribution in [0.25, 0.3) is 0 Å². The number of hydrogen-bond donors (Lipinski definition) is 1. The van der Waals surface area contributed by atoms with Gasteiger partial charge >= 0.3 is 0 Å². The van der Waals surface area contributed by atoms with Crippen LogP contribution in [0.4, 0.5) is 11.4 Å². The van der Waals surface area contributed by atoms with Gasteiger partial charge < -0.3 is 10.2 Å². The van der Waals surface area contributed by atoms with Crippen molar-refractivity contribution < 1.29 is 4.92 Å². The van der Waals surface area contributed by atoms with Crippen molar-refractivity contribution in [2.24, 2.45) is 0 Å². The summed E-state index contributed by atoms with van der Waals surface area (Å²) in [6.45, 7) is 3.84. The fourth-order valence-electron chi connectivity index (χ4n) is 2.47. The van der Waals surface area contributed by atoms with E-state index in [4.69, 9.17) is 0 Å². The van der Waals surface area contributed by atoms with Gasteiger partial charge in [-0.1, -0.05) is 0 Å². The topological polar surface area (TPSA) is 58.4 Å². The smallest absolute Gasteiger partial charge is 0.274 e. The van der Waals surface area contributed by atoms with E-state index in [0.717, 1.165) is 36.1 Å². The fraction of sp³-hybridized carbons (Fsp3) is 0.538. The van der Waals surface area contributed by atoms with Gasteiger partial charge in [0.15, 0.2) is 0 Å². The molecule has 1 saturated heterocycles. The van der Waals surface area contributed by atoms with Crippen molar-refractivity contribution in [2.45, 2.75) is 25.8 Å². The van der Waals surface area contributed by atoms with Crippen molar-refractivity contribution in [1.29, 1.82) is 0 Å². The Bertz CT molecular complexity index is 493. The minimum Gasteiger partial charge on any atom is -0.380 e. The molecule has 104 valence electrons. The zero-order valence-corrected chi connectivity index (χ0v) is 12.7. The Morgan fingerprint density at radius 2 is 2.26 bits per heavy atom. The predicted octanol–water partition coefficient (Wildman–Crippen LogP) is 3.17. The molecular formula is C13H18BrN3O2. The van der Waals surface area contributed by atoms with Crippen molar-refractivity contribution in [2.75, 3.05) is 25.5 Å². The Kier molecular flexibility index (Phi) is 4.42. The molecule has 1 atom stereocenters. The molecule has 1 N–H and O–H groups in total. The standard InChI is InChI=1S/C13H18BrN3O2/c1-9-6-11(14)12(7-13(9)17(18)19)15-10-4-3-5-16(2)8-10/h6-7,10,15H,3-5,8H2,1-2H3. The first-order valence-corrected chi connectivity index (χ1v) is 7.16. The number of piperidine rings is 1. The molecule has 1 aromatic carbocycles. The number of benzene rings is 1. The number of likely N-dealkylation sites (tertiary alicyclic amines) is 1. The molecule has 5 nitrogen and oxygen atoms in total. The van der Waals surface area contributed by atoms with E-state index in [1.54, 1.807) is 19.1 Å². The van der Waals surface area contributed by atoms with Crippen LogP contribution in [0, 0.1) is 17.0 Å². The van der Waals surface area contributed by atoms with Crippen LogP contribution in [-0.4, -0.2) is 36.0 Å². The number of nitro groups is 1. The van der Waals surface area contributed by atoms with E-state index < -0.39 is 0 Å². The van der Waals surface area contributed by atoms with Gasteiger partial charge in [0.05, 0.1) is 10.6 Å². The Morgan fingerprint density at radius 1 is 1.53 bits per heavy atom. The highest BCUT2D eigenvalue weighted by molar-refractivity contribution is 9.10. The maximum atomic E-state index is 11.0. The third kappa shape index (κ3) is 3.45. The van der Waals surface area contributed by atoms with Crippen molar-refractivity contribution in [1.82, 2.24) is 4.90 Å². The van der Waals surface area contributed by atoms with Crippen LogP contribution in [0.3, 0.4) is 0 Å². The van der Waals surface area contributed by atoms with Crippen molar-refractivity contribution in [3.63, 3.8) is 0 Å². The summed E-state index contributed by atoms with van der Waals surface area (Å²) in [5, 5.41) is 14.4. The molecule has 0 saturated carbocycles. The molecule has 0 bridgehead atoms. The lowest BCUT2D eigenvalue weighted by Crippen LogP contribution is -2.39. The van der Waals surface area contributed by atoms with Crippen LogP contribution in [0.15, 0.2) is 16.6 Å². The molecule has 1 aromatic rings. The zero-order chi connectivity index (χ0) is 14.0. The van der Waals surface area contributed by atoms with E-state index in [0.29, 0.717) is 11.6 Å². The number of nitro benzene ring substituents is 1. The van der Waals surface area contributed by atoms with Crippen molar-refractivity contribution in [3.05, 3.63) is 32.3 Å². The summed E-state index contributed by atoms with van der Waals surface area (Å²) in [4.78, 5) is 12.9. The quantitative estimate of drug-likeness (QED) is 0.684. The number of aryl methyl sites for hydroxylation is 1. The minimum absolute atomic E-state index is 0.162. The summed E-state index contributed by atoms with van der Waals surface area (Å²) < 4.78 is 0.879. The first-order chi connectivity index (χ1) is 8.97. The van der Waals surface area contributed by atoms with Gasteiger partial charge in [0, 0.05) is 28.7 Å². The van der Waals surface area contributed by atoms with Crippen LogP contribution < -0.4 is 5.32 Å². The average Bonchev–Trinajstić information content (AvgIpc) is 2.32. The molecule has 1 heterocycles. The lowest BCUT2D eigenvalue weighted by atomic mass is 10.1. The normalized spacial score (nSPS) is 20.3. The van der Waals surface area contributed by atoms with Crippen LogP contribution in [-0.2, 0) is 0 Å². The van der Waals surface area contributed by atoms with E-state index in [9.17, 15) is 10.1 Å². The number of hydrogen-bond acceptors (Lipinski definition) is 4. The maximum Gasteiger partial charge on any atom is 0.274 e. The number of rotatable bonds is 3. The second-order valence-corrected chi connectivity index (χ2v) is 5.98. The second-order valence-electron chi connectivity index (χ2n) is 5.12. The summed E-state index contributed by atoms with van der Waals surface area (Å²) in [7, 11) is 2.10. The first-order valence-electron chi connectivity index (χ1n) is 6.37. The van der Waals surface area contributed by atoms with E-state index in [1.807, 2.05) is 0 Å². The molecule has 0 amide bonds. The number of likely N-dealkylation sites (N-methyl/N-ethyl adjacent to an activating group) is 1. The largest absolute Gasteiger partial charge is 0.380 e. The summed E-state index contributed by atoms with van der Waals surface area (Å²) in [5.41, 5.74) is 1.63. The van der Waals surface area contributed by atoms with Gasteiger partial charge in [0.2, 0.25) is 0 Å². The zero-order valence-electron chi connectivity index (χ0n) is 11.1. The third-order valence-corrected chi connectivity index (χ3v) is 4.12. The molecular weight excluding hydrogens is 310 g/mol. The number of halogens is 1. The molecule has 0 spiro atoms. The molecule has 2 rings (SSSR count).